The summed E-state index contributed by atoms with van der Waals surface area (Å²) in [5, 5.41) is 0. The first-order valence-electron chi connectivity index (χ1n) is 7.96. The summed E-state index contributed by atoms with van der Waals surface area (Å²) in [5.74, 6) is 0.787. The molecule has 0 aromatic carbocycles. The van der Waals surface area contributed by atoms with E-state index in [1.54, 1.807) is 0 Å². The summed E-state index contributed by atoms with van der Waals surface area (Å²) in [6, 6.07) is 0. The summed E-state index contributed by atoms with van der Waals surface area (Å²) in [7, 11) is 0. The zero-order chi connectivity index (χ0) is 13.4. The number of likely N-dealkylation sites (tertiary alicyclic amines) is 1. The Morgan fingerprint density at radius 3 is 2.11 bits per heavy atom. The van der Waals surface area contributed by atoms with E-state index in [1.165, 1.54) is 64.6 Å². The van der Waals surface area contributed by atoms with Gasteiger partial charge in [0.2, 0.25) is 0 Å². The Morgan fingerprint density at radius 2 is 1.61 bits per heavy atom. The summed E-state index contributed by atoms with van der Waals surface area (Å²) < 4.78 is 0. The molecule has 0 saturated carbocycles. The van der Waals surface area contributed by atoms with E-state index in [0.717, 1.165) is 12.5 Å². The average Bonchev–Trinajstić information content (AvgIpc) is 2.55. The molecule has 0 aliphatic carbocycles. The second-order valence-corrected chi connectivity index (χ2v) is 7.04. The van der Waals surface area contributed by atoms with Gasteiger partial charge >= 0.3 is 0 Å². The molecule has 1 rings (SSSR count). The predicted molar refractivity (Wildman–Crippen MR) is 80.8 cm³/mol. The lowest BCUT2D eigenvalue weighted by molar-refractivity contribution is 0.195. The highest BCUT2D eigenvalue weighted by atomic mass is 15.1. The van der Waals surface area contributed by atoms with Gasteiger partial charge in [-0.1, -0.05) is 33.6 Å². The van der Waals surface area contributed by atoms with E-state index in [-0.39, 0.29) is 0 Å². The molecule has 1 heterocycles. The van der Waals surface area contributed by atoms with Crippen LogP contribution in [-0.4, -0.2) is 31.1 Å². The van der Waals surface area contributed by atoms with Crippen molar-refractivity contribution in [1.29, 1.82) is 0 Å². The minimum absolute atomic E-state index is 0.415. The van der Waals surface area contributed by atoms with E-state index >= 15 is 0 Å². The summed E-state index contributed by atoms with van der Waals surface area (Å²) in [5.41, 5.74) is 6.17. The number of nitrogens with zero attached hydrogens (tertiary/aromatic N) is 1. The van der Waals surface area contributed by atoms with Crippen LogP contribution in [-0.2, 0) is 0 Å². The fraction of sp³-hybridized carbons (Fsp3) is 1.00. The van der Waals surface area contributed by atoms with E-state index in [1.807, 2.05) is 0 Å². The van der Waals surface area contributed by atoms with Gasteiger partial charge in [0.05, 0.1) is 0 Å². The van der Waals surface area contributed by atoms with Gasteiger partial charge in [-0.2, -0.15) is 0 Å². The SMILES string of the molecule is CC(C)(C)C(CCN)CCCN1CCCCCC1. The molecule has 108 valence electrons. The summed E-state index contributed by atoms with van der Waals surface area (Å²) >= 11 is 0. The average molecular weight is 254 g/mol. The lowest BCUT2D eigenvalue weighted by Gasteiger charge is -2.31. The quantitative estimate of drug-likeness (QED) is 0.784. The van der Waals surface area contributed by atoms with Gasteiger partial charge in [0.25, 0.3) is 0 Å². The number of nitrogens with two attached hydrogens (primary N) is 1. The van der Waals surface area contributed by atoms with E-state index in [4.69, 9.17) is 5.73 Å². The van der Waals surface area contributed by atoms with E-state index < -0.39 is 0 Å². The van der Waals surface area contributed by atoms with Crippen LogP contribution in [0.2, 0.25) is 0 Å². The molecule has 0 aromatic rings. The van der Waals surface area contributed by atoms with Crippen molar-refractivity contribution in [3.05, 3.63) is 0 Å². The Morgan fingerprint density at radius 1 is 1.00 bits per heavy atom. The first kappa shape index (κ1) is 16.0. The van der Waals surface area contributed by atoms with Gasteiger partial charge in [0.1, 0.15) is 0 Å². The third-order valence-corrected chi connectivity index (χ3v) is 4.47. The van der Waals surface area contributed by atoms with Crippen LogP contribution in [0.5, 0.6) is 0 Å². The maximum absolute atomic E-state index is 5.75. The van der Waals surface area contributed by atoms with Crippen LogP contribution in [0.3, 0.4) is 0 Å². The number of hydrogen-bond acceptors (Lipinski definition) is 2. The topological polar surface area (TPSA) is 29.3 Å². The van der Waals surface area contributed by atoms with Gasteiger partial charge in [0.15, 0.2) is 0 Å². The Hall–Kier alpha value is -0.0800. The fourth-order valence-electron chi connectivity index (χ4n) is 3.13. The van der Waals surface area contributed by atoms with Gasteiger partial charge in [0, 0.05) is 0 Å². The van der Waals surface area contributed by atoms with Crippen LogP contribution < -0.4 is 5.73 Å². The number of rotatable bonds is 6. The molecule has 1 atom stereocenters. The molecule has 1 aliphatic heterocycles. The van der Waals surface area contributed by atoms with Crippen LogP contribution in [0.15, 0.2) is 0 Å². The van der Waals surface area contributed by atoms with E-state index in [2.05, 4.69) is 25.7 Å². The van der Waals surface area contributed by atoms with Crippen molar-refractivity contribution < 1.29 is 0 Å². The molecule has 2 N–H and O–H groups in total. The zero-order valence-electron chi connectivity index (χ0n) is 12.9. The van der Waals surface area contributed by atoms with Crippen molar-refractivity contribution in [3.63, 3.8) is 0 Å². The second-order valence-electron chi connectivity index (χ2n) is 7.04. The molecular weight excluding hydrogens is 220 g/mol. The van der Waals surface area contributed by atoms with Crippen molar-refractivity contribution in [2.45, 2.75) is 65.7 Å². The molecule has 1 saturated heterocycles. The second kappa shape index (κ2) is 8.16. The molecule has 0 amide bonds. The van der Waals surface area contributed by atoms with Crippen LogP contribution in [0, 0.1) is 11.3 Å². The summed E-state index contributed by atoms with van der Waals surface area (Å²) in [6.45, 7) is 11.9. The lowest BCUT2D eigenvalue weighted by atomic mass is 9.76. The van der Waals surface area contributed by atoms with Crippen LogP contribution in [0.1, 0.15) is 65.7 Å². The highest BCUT2D eigenvalue weighted by Gasteiger charge is 2.23. The Balaban J connectivity index is 2.25. The largest absolute Gasteiger partial charge is 0.330 e. The Labute approximate surface area is 114 Å². The maximum Gasteiger partial charge on any atom is -0.00186 e. The van der Waals surface area contributed by atoms with E-state index in [0.29, 0.717) is 5.41 Å². The molecule has 0 aromatic heterocycles. The zero-order valence-corrected chi connectivity index (χ0v) is 12.9. The van der Waals surface area contributed by atoms with Crippen molar-refractivity contribution in [2.75, 3.05) is 26.2 Å². The van der Waals surface area contributed by atoms with Gasteiger partial charge in [-0.15, -0.1) is 0 Å². The first-order chi connectivity index (χ1) is 8.54. The van der Waals surface area contributed by atoms with Crippen LogP contribution in [0.4, 0.5) is 0 Å². The van der Waals surface area contributed by atoms with Gasteiger partial charge in [-0.25, -0.2) is 0 Å². The fourth-order valence-corrected chi connectivity index (χ4v) is 3.13. The highest BCUT2D eigenvalue weighted by molar-refractivity contribution is 4.75. The van der Waals surface area contributed by atoms with Gasteiger partial charge < -0.3 is 10.6 Å². The highest BCUT2D eigenvalue weighted by Crippen LogP contribution is 2.32. The molecule has 18 heavy (non-hydrogen) atoms. The third-order valence-electron chi connectivity index (χ3n) is 4.47. The Bertz CT molecular complexity index is 200. The molecule has 1 fully saturated rings. The molecule has 1 unspecified atom stereocenters. The van der Waals surface area contributed by atoms with Crippen molar-refractivity contribution in [2.24, 2.45) is 17.1 Å². The molecule has 0 bridgehead atoms. The van der Waals surface area contributed by atoms with E-state index in [9.17, 15) is 0 Å². The lowest BCUT2D eigenvalue weighted by Crippen LogP contribution is -2.28. The third kappa shape index (κ3) is 6.19. The van der Waals surface area contributed by atoms with Crippen molar-refractivity contribution in [3.8, 4) is 0 Å². The summed E-state index contributed by atoms with van der Waals surface area (Å²) in [6.07, 6.45) is 9.57. The molecule has 2 nitrogen and oxygen atoms in total. The predicted octanol–water partition coefficient (Wildman–Crippen LogP) is 3.65. The minimum atomic E-state index is 0.415. The van der Waals surface area contributed by atoms with Crippen LogP contribution >= 0.6 is 0 Å². The molecule has 0 spiro atoms. The van der Waals surface area contributed by atoms with Gasteiger partial charge in [-0.05, 0) is 69.6 Å². The standard InChI is InChI=1S/C16H34N2/c1-16(2,3)15(10-11-17)9-8-14-18-12-6-4-5-7-13-18/h15H,4-14,17H2,1-3H3. The normalized spacial score (nSPS) is 20.7. The molecule has 2 heteroatoms. The van der Waals surface area contributed by atoms with Gasteiger partial charge in [-0.3, -0.25) is 0 Å². The maximum atomic E-state index is 5.75. The summed E-state index contributed by atoms with van der Waals surface area (Å²) in [4.78, 5) is 2.68. The van der Waals surface area contributed by atoms with Crippen LogP contribution in [0.25, 0.3) is 0 Å². The monoisotopic (exact) mass is 254 g/mol. The smallest absolute Gasteiger partial charge is 0.00186 e. The van der Waals surface area contributed by atoms with Crippen molar-refractivity contribution >= 4 is 0 Å². The molecular formula is C16H34N2. The number of hydrogen-bond donors (Lipinski definition) is 1. The first-order valence-corrected chi connectivity index (χ1v) is 7.96. The van der Waals surface area contributed by atoms with Crippen molar-refractivity contribution in [1.82, 2.24) is 4.90 Å². The molecule has 1 aliphatic rings. The molecule has 0 radical (unpaired) electrons. The Kier molecular flexibility index (Phi) is 7.25. The minimum Gasteiger partial charge on any atom is -0.330 e.